The van der Waals surface area contributed by atoms with Crippen LogP contribution < -0.4 is 16.4 Å². The summed E-state index contributed by atoms with van der Waals surface area (Å²) in [6, 6.07) is 13.8. The van der Waals surface area contributed by atoms with Crippen molar-refractivity contribution >= 4 is 38.7 Å². The van der Waals surface area contributed by atoms with Crippen LogP contribution in [0, 0.1) is 0 Å². The fourth-order valence-electron chi connectivity index (χ4n) is 3.29. The predicted molar refractivity (Wildman–Crippen MR) is 116 cm³/mol. The molecule has 0 spiro atoms. The number of hydrogen-bond acceptors (Lipinski definition) is 5. The number of aromatic nitrogens is 4. The van der Waals surface area contributed by atoms with Gasteiger partial charge in [0.2, 0.25) is 5.91 Å². The molecule has 9 heteroatoms. The van der Waals surface area contributed by atoms with Crippen LogP contribution >= 0.6 is 11.3 Å². The number of aromatic amines is 1. The lowest BCUT2D eigenvalue weighted by Crippen LogP contribution is -2.34. The number of carbonyl (C=O) groups is 1. The predicted octanol–water partition coefficient (Wildman–Crippen LogP) is 2.70. The largest absolute Gasteiger partial charge is 0.324 e. The van der Waals surface area contributed by atoms with Crippen LogP contribution in [0.4, 0.5) is 5.69 Å². The first-order valence-electron chi connectivity index (χ1n) is 9.13. The number of hydrogen-bond donors (Lipinski definition) is 2. The van der Waals surface area contributed by atoms with E-state index in [1.165, 1.54) is 0 Å². The Kier molecular flexibility index (Phi) is 4.29. The molecule has 0 saturated carbocycles. The van der Waals surface area contributed by atoms with E-state index in [0.717, 1.165) is 20.9 Å². The highest BCUT2D eigenvalue weighted by Gasteiger charge is 2.11. The van der Waals surface area contributed by atoms with Gasteiger partial charge < -0.3 is 5.32 Å². The van der Waals surface area contributed by atoms with Crippen molar-refractivity contribution in [1.29, 1.82) is 0 Å². The van der Waals surface area contributed by atoms with E-state index in [1.807, 2.05) is 34.3 Å². The molecule has 0 aliphatic carbocycles. The Balaban J connectivity index is 1.34. The number of imidazole rings is 1. The lowest BCUT2D eigenvalue weighted by atomic mass is 10.1. The highest BCUT2D eigenvalue weighted by molar-refractivity contribution is 7.15. The molecule has 0 bridgehead atoms. The molecule has 2 aromatic carbocycles. The van der Waals surface area contributed by atoms with E-state index in [0.29, 0.717) is 11.1 Å². The molecular weight excluding hydrogens is 402 g/mol. The van der Waals surface area contributed by atoms with Gasteiger partial charge in [-0.3, -0.25) is 23.9 Å². The summed E-state index contributed by atoms with van der Waals surface area (Å²) in [6.45, 7) is -0.294. The van der Waals surface area contributed by atoms with Crippen LogP contribution in [0.3, 0.4) is 0 Å². The molecule has 1 amide bonds. The second kappa shape index (κ2) is 7.12. The number of rotatable bonds is 4. The minimum Gasteiger partial charge on any atom is -0.324 e. The molecule has 0 unspecified atom stereocenters. The molecule has 0 aliphatic heterocycles. The maximum atomic E-state index is 12.5. The summed E-state index contributed by atoms with van der Waals surface area (Å²) in [5.74, 6) is -0.418. The zero-order chi connectivity index (χ0) is 20.7. The average molecular weight is 417 g/mol. The average Bonchev–Trinajstić information content (AvgIpc) is 3.35. The third kappa shape index (κ3) is 3.20. The van der Waals surface area contributed by atoms with Crippen LogP contribution in [0.25, 0.3) is 27.0 Å². The van der Waals surface area contributed by atoms with Gasteiger partial charge in [-0.25, -0.2) is 9.67 Å². The number of nitrogens with one attached hydrogen (secondary N) is 2. The molecule has 3 heterocycles. The molecule has 0 saturated heterocycles. The van der Waals surface area contributed by atoms with E-state index in [1.54, 1.807) is 47.7 Å². The van der Waals surface area contributed by atoms with Gasteiger partial charge in [0.05, 0.1) is 16.5 Å². The quantitative estimate of drug-likeness (QED) is 0.469. The van der Waals surface area contributed by atoms with Gasteiger partial charge in [-0.15, -0.1) is 11.3 Å². The number of H-pyrrole nitrogens is 1. The summed E-state index contributed by atoms with van der Waals surface area (Å²) in [4.78, 5) is 42.6. The van der Waals surface area contributed by atoms with Crippen LogP contribution in [0.1, 0.15) is 0 Å². The Morgan fingerprint density at radius 1 is 1.07 bits per heavy atom. The number of anilines is 1. The van der Waals surface area contributed by atoms with Gasteiger partial charge in [-0.1, -0.05) is 24.3 Å². The molecule has 2 N–H and O–H groups in total. The van der Waals surface area contributed by atoms with Gasteiger partial charge in [0.1, 0.15) is 6.54 Å². The second-order valence-electron chi connectivity index (χ2n) is 6.72. The van der Waals surface area contributed by atoms with Crippen molar-refractivity contribution in [3.05, 3.63) is 87.0 Å². The lowest BCUT2D eigenvalue weighted by molar-refractivity contribution is -0.117. The molecule has 0 radical (unpaired) electrons. The van der Waals surface area contributed by atoms with Crippen molar-refractivity contribution in [2.45, 2.75) is 6.54 Å². The maximum absolute atomic E-state index is 12.5. The topological polar surface area (TPSA) is 101 Å². The molecule has 5 rings (SSSR count). The standard InChI is InChI=1S/C21H15N5O3S/c27-18(12-26-20(29)16-4-2-1-3-15(16)19(28)24-26)22-14-7-5-13(6-8-14)17-11-25-9-10-30-21(25)23-17/h1-11H,12H2,(H,22,27)(H,24,28). The third-order valence-corrected chi connectivity index (χ3v) is 5.51. The monoisotopic (exact) mass is 417 g/mol. The van der Waals surface area contributed by atoms with Gasteiger partial charge >= 0.3 is 0 Å². The minimum absolute atomic E-state index is 0.276. The summed E-state index contributed by atoms with van der Waals surface area (Å²) in [5, 5.41) is 7.74. The van der Waals surface area contributed by atoms with E-state index in [2.05, 4.69) is 15.4 Å². The van der Waals surface area contributed by atoms with Crippen molar-refractivity contribution in [2.75, 3.05) is 5.32 Å². The Hall–Kier alpha value is -3.98. The number of carbonyl (C=O) groups excluding carboxylic acids is 1. The fraction of sp³-hybridized carbons (Fsp3) is 0.0476. The van der Waals surface area contributed by atoms with Crippen LogP contribution in [0.2, 0.25) is 0 Å². The molecule has 3 aromatic heterocycles. The van der Waals surface area contributed by atoms with E-state index < -0.39 is 17.0 Å². The van der Waals surface area contributed by atoms with Crippen molar-refractivity contribution in [3.63, 3.8) is 0 Å². The summed E-state index contributed by atoms with van der Waals surface area (Å²) in [5.41, 5.74) is 1.53. The summed E-state index contributed by atoms with van der Waals surface area (Å²) >= 11 is 1.56. The SMILES string of the molecule is O=C(Cn1[nH]c(=O)c2ccccc2c1=O)Nc1ccc(-c2cn3ccsc3n2)cc1. The van der Waals surface area contributed by atoms with Crippen molar-refractivity contribution in [3.8, 4) is 11.3 Å². The van der Waals surface area contributed by atoms with Crippen molar-refractivity contribution in [2.24, 2.45) is 0 Å². The maximum Gasteiger partial charge on any atom is 0.273 e. The molecule has 0 fully saturated rings. The van der Waals surface area contributed by atoms with Gasteiger partial charge in [0.15, 0.2) is 4.96 Å². The van der Waals surface area contributed by atoms with Crippen LogP contribution in [-0.2, 0) is 11.3 Å². The van der Waals surface area contributed by atoms with Crippen LogP contribution in [0.5, 0.6) is 0 Å². The van der Waals surface area contributed by atoms with Crippen molar-refractivity contribution < 1.29 is 4.79 Å². The first-order valence-corrected chi connectivity index (χ1v) is 10.0. The molecule has 30 heavy (non-hydrogen) atoms. The Labute approximate surface area is 173 Å². The molecule has 0 aliphatic rings. The number of nitrogens with zero attached hydrogens (tertiary/aromatic N) is 3. The highest BCUT2D eigenvalue weighted by Crippen LogP contribution is 2.23. The first kappa shape index (κ1) is 18.1. The van der Waals surface area contributed by atoms with Crippen LogP contribution in [-0.4, -0.2) is 25.1 Å². The van der Waals surface area contributed by atoms with Gasteiger partial charge in [0.25, 0.3) is 11.1 Å². The smallest absolute Gasteiger partial charge is 0.273 e. The lowest BCUT2D eigenvalue weighted by Gasteiger charge is -2.09. The summed E-state index contributed by atoms with van der Waals surface area (Å²) in [7, 11) is 0. The van der Waals surface area contributed by atoms with Gasteiger partial charge in [-0.05, 0) is 24.3 Å². The first-order chi connectivity index (χ1) is 14.6. The highest BCUT2D eigenvalue weighted by atomic mass is 32.1. The number of benzene rings is 2. The minimum atomic E-state index is -0.421. The normalized spacial score (nSPS) is 11.2. The Morgan fingerprint density at radius 3 is 2.60 bits per heavy atom. The third-order valence-electron chi connectivity index (χ3n) is 4.74. The van der Waals surface area contributed by atoms with E-state index in [9.17, 15) is 14.4 Å². The molecular formula is C21H15N5O3S. The Morgan fingerprint density at radius 2 is 1.83 bits per heavy atom. The summed E-state index contributed by atoms with van der Waals surface area (Å²) in [6.07, 6.45) is 3.89. The van der Waals surface area contributed by atoms with Crippen molar-refractivity contribution in [1.82, 2.24) is 19.2 Å². The van der Waals surface area contributed by atoms with Gasteiger partial charge in [0, 0.05) is 29.0 Å². The Bertz CT molecular complexity index is 1480. The van der Waals surface area contributed by atoms with E-state index >= 15 is 0 Å². The van der Waals surface area contributed by atoms with E-state index in [4.69, 9.17) is 0 Å². The fourth-order valence-corrected chi connectivity index (χ4v) is 3.99. The number of thiazole rings is 1. The molecule has 148 valence electrons. The van der Waals surface area contributed by atoms with Crippen LogP contribution in [0.15, 0.2) is 75.9 Å². The molecule has 0 atom stereocenters. The van der Waals surface area contributed by atoms with Gasteiger partial charge in [-0.2, -0.15) is 0 Å². The number of fused-ring (bicyclic) bond motifs is 2. The second-order valence-corrected chi connectivity index (χ2v) is 7.60. The zero-order valence-corrected chi connectivity index (χ0v) is 16.3. The zero-order valence-electron chi connectivity index (χ0n) is 15.5. The molecule has 8 nitrogen and oxygen atoms in total. The molecule has 5 aromatic rings. The summed E-state index contributed by atoms with van der Waals surface area (Å²) < 4.78 is 2.98. The van der Waals surface area contributed by atoms with E-state index in [-0.39, 0.29) is 11.9 Å². The number of amides is 1.